The van der Waals surface area contributed by atoms with Crippen molar-refractivity contribution in [3.05, 3.63) is 23.4 Å². The van der Waals surface area contributed by atoms with Crippen LogP contribution in [0.3, 0.4) is 0 Å². The lowest BCUT2D eigenvalue weighted by molar-refractivity contribution is -0.120. The van der Waals surface area contributed by atoms with Gasteiger partial charge in [-0.1, -0.05) is 53.4 Å². The maximum atomic E-state index is 12.1. The number of aryl methyl sites for hydroxylation is 1. The minimum absolute atomic E-state index is 0.0523. The van der Waals surface area contributed by atoms with Crippen molar-refractivity contribution in [3.63, 3.8) is 0 Å². The Balaban J connectivity index is 0.00000109. The summed E-state index contributed by atoms with van der Waals surface area (Å²) in [5, 5.41) is 20.7. The number of hydrogen-bond acceptors (Lipinski definition) is 6. The van der Waals surface area contributed by atoms with E-state index in [1.165, 1.54) is 32.1 Å². The van der Waals surface area contributed by atoms with Crippen LogP contribution in [-0.4, -0.2) is 58.7 Å². The van der Waals surface area contributed by atoms with Gasteiger partial charge in [-0.2, -0.15) is 0 Å². The lowest BCUT2D eigenvalue weighted by Gasteiger charge is -2.16. The summed E-state index contributed by atoms with van der Waals surface area (Å²) >= 11 is 0. The van der Waals surface area contributed by atoms with Gasteiger partial charge in [0, 0.05) is 12.0 Å². The molecule has 9 heteroatoms. The van der Waals surface area contributed by atoms with Crippen LogP contribution in [0.2, 0.25) is 0 Å². The topological polar surface area (TPSA) is 147 Å². The fourth-order valence-corrected chi connectivity index (χ4v) is 3.37. The molecule has 2 amide bonds. The number of nitrogens with two attached hydrogens (primary N) is 1. The Morgan fingerprint density at radius 3 is 2.14 bits per heavy atom. The zero-order valence-electron chi connectivity index (χ0n) is 22.3. The van der Waals surface area contributed by atoms with Gasteiger partial charge in [0.15, 0.2) is 0 Å². The molecule has 0 aliphatic rings. The van der Waals surface area contributed by atoms with Gasteiger partial charge in [0.1, 0.15) is 0 Å². The number of rotatable bonds is 14. The minimum Gasteiger partial charge on any atom is -0.478 e. The van der Waals surface area contributed by atoms with E-state index in [1.807, 2.05) is 0 Å². The Bertz CT molecular complexity index is 769. The second-order valence-corrected chi connectivity index (χ2v) is 9.00. The van der Waals surface area contributed by atoms with Crippen LogP contribution >= 0.6 is 0 Å². The van der Waals surface area contributed by atoms with E-state index in [-0.39, 0.29) is 30.9 Å². The van der Waals surface area contributed by atoms with Gasteiger partial charge in [-0.25, -0.2) is 9.98 Å². The molecule has 35 heavy (non-hydrogen) atoms. The number of aromatic nitrogens is 1. The monoisotopic (exact) mass is 494 g/mol. The van der Waals surface area contributed by atoms with Crippen LogP contribution in [0.5, 0.6) is 5.88 Å². The number of aliphatic hydroxyl groups is 2. The molecule has 200 valence electrons. The van der Waals surface area contributed by atoms with E-state index in [4.69, 9.17) is 20.7 Å². The van der Waals surface area contributed by atoms with E-state index in [1.54, 1.807) is 39.8 Å². The Kier molecular flexibility index (Phi) is 17.4. The molecule has 9 nitrogen and oxygen atoms in total. The molecular formula is C26H46N4O5. The van der Waals surface area contributed by atoms with Gasteiger partial charge in [0.05, 0.1) is 43.0 Å². The number of nitrogens with one attached hydrogen (secondary N) is 1. The predicted molar refractivity (Wildman–Crippen MR) is 140 cm³/mol. The third-order valence-electron chi connectivity index (χ3n) is 5.26. The lowest BCUT2D eigenvalue weighted by atomic mass is 9.93. The smallest absolute Gasteiger partial charge is 0.253 e. The van der Waals surface area contributed by atoms with Crippen LogP contribution < -0.4 is 15.8 Å². The molecule has 0 atom stereocenters. The Morgan fingerprint density at radius 1 is 1.11 bits per heavy atom. The summed E-state index contributed by atoms with van der Waals surface area (Å²) in [5.41, 5.74) is 6.13. The van der Waals surface area contributed by atoms with Crippen LogP contribution in [0.15, 0.2) is 17.1 Å². The summed E-state index contributed by atoms with van der Waals surface area (Å²) in [6.45, 7) is 11.4. The van der Waals surface area contributed by atoms with Crippen molar-refractivity contribution >= 4 is 17.6 Å². The van der Waals surface area contributed by atoms with Crippen molar-refractivity contribution in [2.75, 3.05) is 19.8 Å². The van der Waals surface area contributed by atoms with Crippen molar-refractivity contribution < 1.29 is 24.5 Å². The first-order chi connectivity index (χ1) is 16.6. The fourth-order valence-electron chi connectivity index (χ4n) is 3.37. The summed E-state index contributed by atoms with van der Waals surface area (Å²) in [7, 11) is 0. The molecule has 0 unspecified atom stereocenters. The summed E-state index contributed by atoms with van der Waals surface area (Å²) in [6, 6.07) is 2.68. The van der Waals surface area contributed by atoms with Gasteiger partial charge >= 0.3 is 0 Å². The molecule has 0 bridgehead atoms. The molecule has 0 saturated carbocycles. The molecule has 0 fully saturated rings. The number of pyridine rings is 1. The average molecular weight is 495 g/mol. The fraction of sp³-hybridized carbons (Fsp3) is 0.692. The number of carbonyl (C=O) groups excluding carboxylic acids is 2. The van der Waals surface area contributed by atoms with E-state index < -0.39 is 6.04 Å². The van der Waals surface area contributed by atoms with Crippen molar-refractivity contribution in [2.45, 2.75) is 86.1 Å². The average Bonchev–Trinajstić information content (AvgIpc) is 2.80. The van der Waals surface area contributed by atoms with Crippen molar-refractivity contribution in [1.29, 1.82) is 0 Å². The summed E-state index contributed by atoms with van der Waals surface area (Å²) in [6.07, 6.45) is 7.18. The number of amidine groups is 1. The third-order valence-corrected chi connectivity index (χ3v) is 5.26. The number of ether oxygens (including phenoxy) is 1. The van der Waals surface area contributed by atoms with Crippen molar-refractivity contribution in [3.8, 4) is 5.88 Å². The number of nitrogens with zero attached hydrogens (tertiary/aromatic N) is 2. The van der Waals surface area contributed by atoms with Gasteiger partial charge in [-0.3, -0.25) is 9.59 Å². The number of amides is 2. The molecule has 0 radical (unpaired) electrons. The molecule has 0 aliphatic carbocycles. The second kappa shape index (κ2) is 18.8. The quantitative estimate of drug-likeness (QED) is 0.176. The van der Waals surface area contributed by atoms with E-state index in [0.29, 0.717) is 29.6 Å². The van der Waals surface area contributed by atoms with E-state index in [0.717, 1.165) is 12.3 Å². The van der Waals surface area contributed by atoms with E-state index >= 15 is 0 Å². The van der Waals surface area contributed by atoms with Crippen molar-refractivity contribution in [2.24, 2.45) is 22.6 Å². The standard InChI is InChI=1S/C20H34N2O4.C6H12N2O/c1-4-7-16(8-5-2)9-6-12-26-19-11-10-18(15(3)21-19)20(25)22-17(13-23)14-24;1-4(2)6(9)8-5(3)7/h10-11,16-17,23-24H,4-9,12-14H2,1-3H3,(H,22,25);4H,1-3H3,(H2,7,8,9). The Morgan fingerprint density at radius 2 is 1.71 bits per heavy atom. The maximum absolute atomic E-state index is 12.1. The highest BCUT2D eigenvalue weighted by Gasteiger charge is 2.15. The van der Waals surface area contributed by atoms with E-state index in [2.05, 4.69) is 29.1 Å². The first-order valence-electron chi connectivity index (χ1n) is 12.6. The number of carbonyl (C=O) groups is 2. The Hall–Kier alpha value is -2.52. The van der Waals surface area contributed by atoms with E-state index in [9.17, 15) is 9.59 Å². The van der Waals surface area contributed by atoms with Gasteiger partial charge in [-0.15, -0.1) is 0 Å². The number of aliphatic imine (C=N–C) groups is 1. The predicted octanol–water partition coefficient (Wildman–Crippen LogP) is 3.39. The largest absolute Gasteiger partial charge is 0.478 e. The Labute approximate surface area is 210 Å². The molecule has 0 saturated heterocycles. The van der Waals surface area contributed by atoms with Crippen molar-refractivity contribution in [1.82, 2.24) is 10.3 Å². The van der Waals surface area contributed by atoms with Crippen LogP contribution in [0.1, 0.15) is 89.2 Å². The summed E-state index contributed by atoms with van der Waals surface area (Å²) < 4.78 is 5.73. The number of aliphatic hydroxyl groups excluding tert-OH is 2. The minimum atomic E-state index is -0.669. The normalized spacial score (nSPS) is 11.5. The zero-order chi connectivity index (χ0) is 26.8. The molecule has 1 heterocycles. The van der Waals surface area contributed by atoms with Crippen LogP contribution in [0.4, 0.5) is 0 Å². The van der Waals surface area contributed by atoms with Crippen LogP contribution in [-0.2, 0) is 4.79 Å². The first kappa shape index (κ1) is 32.5. The highest BCUT2D eigenvalue weighted by atomic mass is 16.5. The molecule has 0 spiro atoms. The highest BCUT2D eigenvalue weighted by molar-refractivity contribution is 5.95. The molecular weight excluding hydrogens is 448 g/mol. The first-order valence-corrected chi connectivity index (χ1v) is 12.6. The highest BCUT2D eigenvalue weighted by Crippen LogP contribution is 2.20. The second-order valence-electron chi connectivity index (χ2n) is 9.00. The van der Waals surface area contributed by atoms with Gasteiger partial charge in [0.2, 0.25) is 11.8 Å². The van der Waals surface area contributed by atoms with Crippen LogP contribution in [0.25, 0.3) is 0 Å². The molecule has 1 aromatic rings. The van der Waals surface area contributed by atoms with Gasteiger partial charge < -0.3 is 26.0 Å². The van der Waals surface area contributed by atoms with Gasteiger partial charge in [0.25, 0.3) is 5.91 Å². The molecule has 0 aliphatic heterocycles. The molecule has 1 rings (SSSR count). The molecule has 0 aromatic carbocycles. The number of hydrogen-bond donors (Lipinski definition) is 4. The molecule has 1 aromatic heterocycles. The zero-order valence-corrected chi connectivity index (χ0v) is 22.3. The van der Waals surface area contributed by atoms with Crippen LogP contribution in [0, 0.1) is 18.8 Å². The third kappa shape index (κ3) is 14.5. The summed E-state index contributed by atoms with van der Waals surface area (Å²) in [5.74, 6) is 1.05. The SMILES string of the molecule is CC(N)=NC(=O)C(C)C.CCCC(CCC)CCCOc1ccc(C(=O)NC(CO)CO)c(C)n1. The lowest BCUT2D eigenvalue weighted by Crippen LogP contribution is -2.40. The van der Waals surface area contributed by atoms with Gasteiger partial charge in [-0.05, 0) is 38.7 Å². The molecule has 5 N–H and O–H groups in total. The maximum Gasteiger partial charge on any atom is 0.253 e. The summed E-state index contributed by atoms with van der Waals surface area (Å²) in [4.78, 5) is 30.7.